The Morgan fingerprint density at radius 2 is 1.95 bits per heavy atom. The Bertz CT molecular complexity index is 513. The Hall–Kier alpha value is -1.03. The van der Waals surface area contributed by atoms with Gasteiger partial charge in [0.1, 0.15) is 0 Å². The van der Waals surface area contributed by atoms with Crippen molar-refractivity contribution in [2.45, 2.75) is 75.9 Å². The highest BCUT2D eigenvalue weighted by Crippen LogP contribution is 2.40. The summed E-state index contributed by atoms with van der Waals surface area (Å²) >= 11 is 0. The van der Waals surface area contributed by atoms with Gasteiger partial charge in [0.15, 0.2) is 11.5 Å². The predicted molar refractivity (Wildman–Crippen MR) is 91.2 cm³/mol. The number of fused-ring (bicyclic) bond motifs is 1. The normalized spacial score (nSPS) is 15.8. The molecule has 4 heteroatoms. The van der Waals surface area contributed by atoms with E-state index in [-0.39, 0.29) is 12.0 Å². The zero-order valence-electron chi connectivity index (χ0n) is 14.0. The highest BCUT2D eigenvalue weighted by atomic mass is 32.2. The van der Waals surface area contributed by atoms with E-state index in [0.29, 0.717) is 0 Å². The molecular weight excluding hydrogens is 296 g/mol. The van der Waals surface area contributed by atoms with Crippen LogP contribution in [0, 0.1) is 0 Å². The van der Waals surface area contributed by atoms with Crippen molar-refractivity contribution in [3.05, 3.63) is 17.7 Å². The minimum absolute atomic E-state index is 0.188. The van der Waals surface area contributed by atoms with Crippen molar-refractivity contribution in [3.63, 3.8) is 0 Å². The van der Waals surface area contributed by atoms with Crippen LogP contribution in [0.4, 0.5) is 0 Å². The SMILES string of the molecule is CCCCCCC(C)S(=O)c1ccc2c(c1CCC)OCO2. The molecule has 1 aliphatic rings. The molecule has 3 nitrogen and oxygen atoms in total. The zero-order valence-corrected chi connectivity index (χ0v) is 14.8. The molecule has 0 bridgehead atoms. The third-order valence-corrected chi connectivity index (χ3v) is 5.93. The smallest absolute Gasteiger partial charge is 0.231 e. The summed E-state index contributed by atoms with van der Waals surface area (Å²) in [5.74, 6) is 1.60. The van der Waals surface area contributed by atoms with Gasteiger partial charge in [-0.25, -0.2) is 0 Å². The Morgan fingerprint density at radius 1 is 1.14 bits per heavy atom. The molecule has 0 saturated heterocycles. The monoisotopic (exact) mass is 324 g/mol. The summed E-state index contributed by atoms with van der Waals surface area (Å²) in [6, 6.07) is 3.87. The van der Waals surface area contributed by atoms with Crippen LogP contribution in [0.2, 0.25) is 0 Å². The van der Waals surface area contributed by atoms with Gasteiger partial charge >= 0.3 is 0 Å². The Balaban J connectivity index is 2.11. The molecular formula is C18H28O3S. The van der Waals surface area contributed by atoms with Crippen molar-refractivity contribution < 1.29 is 13.7 Å². The third-order valence-electron chi connectivity index (χ3n) is 4.15. The molecule has 2 unspecified atom stereocenters. The van der Waals surface area contributed by atoms with Crippen molar-refractivity contribution in [2.24, 2.45) is 0 Å². The number of rotatable bonds is 9. The average molecular weight is 324 g/mol. The molecule has 1 aromatic carbocycles. The molecule has 0 N–H and O–H groups in total. The molecule has 1 aromatic rings. The van der Waals surface area contributed by atoms with Crippen LogP contribution in [-0.4, -0.2) is 16.3 Å². The van der Waals surface area contributed by atoms with E-state index in [1.807, 2.05) is 12.1 Å². The topological polar surface area (TPSA) is 35.5 Å². The molecule has 0 radical (unpaired) electrons. The lowest BCUT2D eigenvalue weighted by Crippen LogP contribution is -2.13. The summed E-state index contributed by atoms with van der Waals surface area (Å²) in [5.41, 5.74) is 1.08. The van der Waals surface area contributed by atoms with Gasteiger partial charge in [-0.2, -0.15) is 0 Å². The maximum absolute atomic E-state index is 12.9. The van der Waals surface area contributed by atoms with E-state index >= 15 is 0 Å². The van der Waals surface area contributed by atoms with Crippen molar-refractivity contribution in [3.8, 4) is 11.5 Å². The molecule has 0 fully saturated rings. The van der Waals surface area contributed by atoms with Gasteiger partial charge < -0.3 is 9.47 Å². The predicted octanol–water partition coefficient (Wildman–Crippen LogP) is 4.83. The lowest BCUT2D eigenvalue weighted by atomic mass is 10.1. The molecule has 1 heterocycles. The molecule has 0 amide bonds. The molecule has 0 saturated carbocycles. The summed E-state index contributed by atoms with van der Waals surface area (Å²) < 4.78 is 24.0. The van der Waals surface area contributed by atoms with E-state index in [9.17, 15) is 4.21 Å². The van der Waals surface area contributed by atoms with Crippen molar-refractivity contribution in [1.29, 1.82) is 0 Å². The molecule has 2 rings (SSSR count). The van der Waals surface area contributed by atoms with Gasteiger partial charge in [0, 0.05) is 15.7 Å². The van der Waals surface area contributed by atoms with Gasteiger partial charge in [-0.15, -0.1) is 0 Å². The van der Waals surface area contributed by atoms with Gasteiger partial charge in [-0.1, -0.05) is 52.9 Å². The van der Waals surface area contributed by atoms with E-state index in [0.717, 1.165) is 47.6 Å². The second kappa shape index (κ2) is 8.56. The summed E-state index contributed by atoms with van der Waals surface area (Å²) in [6.45, 7) is 6.72. The molecule has 0 aromatic heterocycles. The van der Waals surface area contributed by atoms with Gasteiger partial charge in [-0.3, -0.25) is 4.21 Å². The van der Waals surface area contributed by atoms with E-state index in [1.54, 1.807) is 0 Å². The Labute approximate surface area is 136 Å². The summed E-state index contributed by atoms with van der Waals surface area (Å²) in [7, 11) is -0.975. The highest BCUT2D eigenvalue weighted by molar-refractivity contribution is 7.85. The lowest BCUT2D eigenvalue weighted by Gasteiger charge is -2.16. The van der Waals surface area contributed by atoms with E-state index in [1.165, 1.54) is 19.3 Å². The molecule has 124 valence electrons. The number of benzene rings is 1. The van der Waals surface area contributed by atoms with E-state index in [2.05, 4.69) is 20.8 Å². The second-order valence-electron chi connectivity index (χ2n) is 5.98. The van der Waals surface area contributed by atoms with Crippen LogP contribution in [0.1, 0.15) is 64.9 Å². The first-order chi connectivity index (χ1) is 10.7. The number of hydrogen-bond acceptors (Lipinski definition) is 3. The minimum Gasteiger partial charge on any atom is -0.454 e. The molecule has 22 heavy (non-hydrogen) atoms. The molecule has 1 aliphatic heterocycles. The molecule has 2 atom stereocenters. The standard InChI is InChI=1S/C18H28O3S/c1-4-6-7-8-10-14(3)22(19)17-12-11-16-18(21-13-20-16)15(17)9-5-2/h11-12,14H,4-10,13H2,1-3H3. The van der Waals surface area contributed by atoms with Crippen LogP contribution in [-0.2, 0) is 17.2 Å². The Kier molecular flexibility index (Phi) is 6.74. The van der Waals surface area contributed by atoms with Crippen LogP contribution in [0.5, 0.6) is 11.5 Å². The number of unbranched alkanes of at least 4 members (excludes halogenated alkanes) is 3. The third kappa shape index (κ3) is 4.03. The average Bonchev–Trinajstić information content (AvgIpc) is 3.00. The van der Waals surface area contributed by atoms with E-state index < -0.39 is 10.8 Å². The summed E-state index contributed by atoms with van der Waals surface area (Å²) in [4.78, 5) is 0.939. The number of hydrogen-bond donors (Lipinski definition) is 0. The fraction of sp³-hybridized carbons (Fsp3) is 0.667. The van der Waals surface area contributed by atoms with Crippen molar-refractivity contribution in [2.75, 3.05) is 6.79 Å². The number of ether oxygens (including phenoxy) is 2. The van der Waals surface area contributed by atoms with Crippen molar-refractivity contribution >= 4 is 10.8 Å². The van der Waals surface area contributed by atoms with Crippen LogP contribution in [0.3, 0.4) is 0 Å². The summed E-state index contributed by atoms with van der Waals surface area (Å²) in [5, 5.41) is 0.188. The van der Waals surface area contributed by atoms with Gasteiger partial charge in [-0.05, 0) is 25.0 Å². The van der Waals surface area contributed by atoms with Crippen LogP contribution in [0.25, 0.3) is 0 Å². The van der Waals surface area contributed by atoms with Crippen LogP contribution in [0.15, 0.2) is 17.0 Å². The fourth-order valence-corrected chi connectivity index (χ4v) is 4.32. The van der Waals surface area contributed by atoms with Crippen LogP contribution < -0.4 is 9.47 Å². The zero-order chi connectivity index (χ0) is 15.9. The largest absolute Gasteiger partial charge is 0.454 e. The van der Waals surface area contributed by atoms with Gasteiger partial charge in [0.05, 0.1) is 10.8 Å². The maximum Gasteiger partial charge on any atom is 0.231 e. The Morgan fingerprint density at radius 3 is 2.68 bits per heavy atom. The lowest BCUT2D eigenvalue weighted by molar-refractivity contribution is 0.173. The fourth-order valence-electron chi connectivity index (χ4n) is 2.87. The van der Waals surface area contributed by atoms with E-state index in [4.69, 9.17) is 9.47 Å². The van der Waals surface area contributed by atoms with Gasteiger partial charge in [0.2, 0.25) is 6.79 Å². The van der Waals surface area contributed by atoms with Crippen LogP contribution >= 0.6 is 0 Å². The quantitative estimate of drug-likeness (QED) is 0.610. The first kappa shape index (κ1) is 17.3. The minimum atomic E-state index is -0.975. The first-order valence-corrected chi connectivity index (χ1v) is 9.72. The maximum atomic E-state index is 12.9. The summed E-state index contributed by atoms with van der Waals surface area (Å²) in [6.07, 6.45) is 7.82. The van der Waals surface area contributed by atoms with Gasteiger partial charge in [0.25, 0.3) is 0 Å². The molecule has 0 aliphatic carbocycles. The first-order valence-electron chi connectivity index (χ1n) is 8.51. The van der Waals surface area contributed by atoms with Crippen molar-refractivity contribution in [1.82, 2.24) is 0 Å². The highest BCUT2D eigenvalue weighted by Gasteiger charge is 2.24. The second-order valence-corrected chi connectivity index (χ2v) is 7.82. The molecule has 0 spiro atoms.